The van der Waals surface area contributed by atoms with E-state index in [4.69, 9.17) is 4.74 Å². The van der Waals surface area contributed by atoms with Crippen molar-refractivity contribution in [3.05, 3.63) is 59.7 Å². The maximum atomic E-state index is 13.5. The summed E-state index contributed by atoms with van der Waals surface area (Å²) in [5.41, 5.74) is 2.17. The van der Waals surface area contributed by atoms with Gasteiger partial charge in [0.05, 0.1) is 19.1 Å². The van der Waals surface area contributed by atoms with Crippen molar-refractivity contribution in [2.24, 2.45) is 0 Å². The molecule has 0 heterocycles. The van der Waals surface area contributed by atoms with E-state index in [1.165, 1.54) is 12.0 Å². The number of carbonyl (C=O) groups excluding carboxylic acids is 2. The normalized spacial score (nSPS) is 13.0. The molecule has 2 aromatic carbocycles. The lowest BCUT2D eigenvalue weighted by Gasteiger charge is -2.32. The quantitative estimate of drug-likeness (QED) is 0.523. The van der Waals surface area contributed by atoms with E-state index in [0.29, 0.717) is 5.75 Å². The van der Waals surface area contributed by atoms with Crippen LogP contribution in [0.4, 0.5) is 5.69 Å². The van der Waals surface area contributed by atoms with Gasteiger partial charge >= 0.3 is 0 Å². The van der Waals surface area contributed by atoms with Crippen LogP contribution in [0.1, 0.15) is 38.3 Å². The van der Waals surface area contributed by atoms with E-state index >= 15 is 0 Å². The number of nitrogens with one attached hydrogen (secondary N) is 1. The molecule has 0 bridgehead atoms. The molecule has 0 aliphatic carbocycles. The second kappa shape index (κ2) is 11.9. The number of hydrogen-bond donors (Lipinski definition) is 1. The van der Waals surface area contributed by atoms with Crippen LogP contribution in [-0.2, 0) is 26.2 Å². The zero-order valence-corrected chi connectivity index (χ0v) is 21.6. The summed E-state index contributed by atoms with van der Waals surface area (Å²) in [6.45, 7) is 7.17. The molecule has 0 fully saturated rings. The average Bonchev–Trinajstić information content (AvgIpc) is 2.80. The standard InChI is InChI=1S/C25H35N3O5S/c1-7-19(3)26-25(30)20(4)27(16-21-14-12-18(2)13-15-21)24(29)17-28(34(6,31)32)22-10-8-9-11-23(22)33-5/h8-15,19-20H,7,16-17H2,1-6H3,(H,26,30)/t19-,20-/m0/s1. The summed E-state index contributed by atoms with van der Waals surface area (Å²) in [7, 11) is -2.38. The summed E-state index contributed by atoms with van der Waals surface area (Å²) >= 11 is 0. The predicted octanol–water partition coefficient (Wildman–Crippen LogP) is 3.10. The zero-order valence-electron chi connectivity index (χ0n) is 20.7. The van der Waals surface area contributed by atoms with Gasteiger partial charge in [-0.05, 0) is 44.9 Å². The number of amides is 2. The Morgan fingerprint density at radius 2 is 1.68 bits per heavy atom. The molecule has 0 saturated heterocycles. The first-order chi connectivity index (χ1) is 16.0. The van der Waals surface area contributed by atoms with Crippen LogP contribution in [0.15, 0.2) is 48.5 Å². The number of anilines is 1. The number of hydrogen-bond acceptors (Lipinski definition) is 5. The van der Waals surface area contributed by atoms with Gasteiger partial charge < -0.3 is 15.0 Å². The van der Waals surface area contributed by atoms with Crippen molar-refractivity contribution in [1.82, 2.24) is 10.2 Å². The van der Waals surface area contributed by atoms with Crippen LogP contribution in [0.25, 0.3) is 0 Å². The molecule has 0 aromatic heterocycles. The second-order valence-corrected chi connectivity index (χ2v) is 10.3. The van der Waals surface area contributed by atoms with Crippen LogP contribution in [0.3, 0.4) is 0 Å². The van der Waals surface area contributed by atoms with Gasteiger partial charge in [-0.2, -0.15) is 0 Å². The van der Waals surface area contributed by atoms with Crippen molar-refractivity contribution >= 4 is 27.5 Å². The maximum Gasteiger partial charge on any atom is 0.244 e. The van der Waals surface area contributed by atoms with Crippen LogP contribution >= 0.6 is 0 Å². The largest absolute Gasteiger partial charge is 0.495 e. The van der Waals surface area contributed by atoms with Gasteiger partial charge in [0.2, 0.25) is 21.8 Å². The number of nitrogens with zero attached hydrogens (tertiary/aromatic N) is 2. The van der Waals surface area contributed by atoms with Gasteiger partial charge in [0.1, 0.15) is 18.3 Å². The van der Waals surface area contributed by atoms with Crippen molar-refractivity contribution in [3.8, 4) is 5.75 Å². The van der Waals surface area contributed by atoms with E-state index in [-0.39, 0.29) is 24.2 Å². The average molecular weight is 490 g/mol. The van der Waals surface area contributed by atoms with Gasteiger partial charge in [0, 0.05) is 12.6 Å². The molecule has 0 saturated carbocycles. The van der Waals surface area contributed by atoms with Crippen molar-refractivity contribution in [2.45, 2.75) is 52.7 Å². The van der Waals surface area contributed by atoms with Gasteiger partial charge in [-0.1, -0.05) is 48.9 Å². The number of benzene rings is 2. The first-order valence-corrected chi connectivity index (χ1v) is 13.1. The fourth-order valence-electron chi connectivity index (χ4n) is 3.37. The van der Waals surface area contributed by atoms with Gasteiger partial charge in [-0.25, -0.2) is 8.42 Å². The highest BCUT2D eigenvalue weighted by Gasteiger charge is 2.31. The molecular weight excluding hydrogens is 454 g/mol. The minimum atomic E-state index is -3.82. The lowest BCUT2D eigenvalue weighted by atomic mass is 10.1. The monoisotopic (exact) mass is 489 g/mol. The molecule has 2 atom stereocenters. The molecular formula is C25H35N3O5S. The molecule has 0 aliphatic heterocycles. The van der Waals surface area contributed by atoms with Crippen molar-refractivity contribution in [1.29, 1.82) is 0 Å². The lowest BCUT2D eigenvalue weighted by Crippen LogP contribution is -2.52. The Hall–Kier alpha value is -3.07. The number of methoxy groups -OCH3 is 1. The Bertz CT molecular complexity index is 1090. The number of ether oxygens (including phenoxy) is 1. The van der Waals surface area contributed by atoms with Crippen LogP contribution in [-0.4, -0.2) is 57.1 Å². The Morgan fingerprint density at radius 3 is 2.24 bits per heavy atom. The smallest absolute Gasteiger partial charge is 0.244 e. The van der Waals surface area contributed by atoms with E-state index in [1.807, 2.05) is 45.0 Å². The lowest BCUT2D eigenvalue weighted by molar-refractivity contribution is -0.139. The molecule has 2 aromatic rings. The minimum Gasteiger partial charge on any atom is -0.495 e. The highest BCUT2D eigenvalue weighted by Crippen LogP contribution is 2.29. The van der Waals surface area contributed by atoms with E-state index in [9.17, 15) is 18.0 Å². The third kappa shape index (κ3) is 7.21. The zero-order chi connectivity index (χ0) is 25.5. The van der Waals surface area contributed by atoms with Crippen molar-refractivity contribution < 1.29 is 22.7 Å². The topological polar surface area (TPSA) is 96.0 Å². The molecule has 0 unspecified atom stereocenters. The fourth-order valence-corrected chi connectivity index (χ4v) is 4.22. The van der Waals surface area contributed by atoms with Crippen LogP contribution in [0.2, 0.25) is 0 Å². The molecule has 2 amide bonds. The molecule has 1 N–H and O–H groups in total. The summed E-state index contributed by atoms with van der Waals surface area (Å²) in [5.74, 6) is -0.463. The number of aryl methyl sites for hydroxylation is 1. The van der Waals surface area contributed by atoms with Crippen molar-refractivity contribution in [3.63, 3.8) is 0 Å². The van der Waals surface area contributed by atoms with Crippen LogP contribution in [0.5, 0.6) is 5.75 Å². The molecule has 8 nitrogen and oxygen atoms in total. The third-order valence-corrected chi connectivity index (χ3v) is 6.80. The minimum absolute atomic E-state index is 0.0487. The Morgan fingerprint density at radius 1 is 1.06 bits per heavy atom. The predicted molar refractivity (Wildman–Crippen MR) is 134 cm³/mol. The van der Waals surface area contributed by atoms with E-state index in [2.05, 4.69) is 5.32 Å². The molecule has 0 aliphatic rings. The summed E-state index contributed by atoms with van der Waals surface area (Å²) < 4.78 is 31.7. The van der Waals surface area contributed by atoms with Crippen LogP contribution < -0.4 is 14.4 Å². The van der Waals surface area contributed by atoms with Gasteiger partial charge in [-0.3, -0.25) is 13.9 Å². The molecule has 0 spiro atoms. The second-order valence-electron chi connectivity index (χ2n) is 8.44. The Labute approximate surface area is 202 Å². The summed E-state index contributed by atoms with van der Waals surface area (Å²) in [5, 5.41) is 2.91. The SMILES string of the molecule is CC[C@H](C)NC(=O)[C@H](C)N(Cc1ccc(C)cc1)C(=O)CN(c1ccccc1OC)S(C)(=O)=O. The van der Waals surface area contributed by atoms with Gasteiger partial charge in [0.25, 0.3) is 0 Å². The van der Waals surface area contributed by atoms with E-state index in [0.717, 1.165) is 28.1 Å². The Balaban J connectivity index is 2.41. The first kappa shape index (κ1) is 27.2. The molecule has 0 radical (unpaired) electrons. The molecule has 186 valence electrons. The fraction of sp³-hybridized carbons (Fsp3) is 0.440. The number of sulfonamides is 1. The van der Waals surface area contributed by atoms with E-state index < -0.39 is 28.5 Å². The third-order valence-electron chi connectivity index (χ3n) is 5.67. The summed E-state index contributed by atoms with van der Waals surface area (Å²) in [6.07, 6.45) is 1.79. The van der Waals surface area contributed by atoms with Gasteiger partial charge in [-0.15, -0.1) is 0 Å². The summed E-state index contributed by atoms with van der Waals surface area (Å²) in [4.78, 5) is 27.9. The molecule has 34 heavy (non-hydrogen) atoms. The molecule has 9 heteroatoms. The highest BCUT2D eigenvalue weighted by atomic mass is 32.2. The molecule has 2 rings (SSSR count). The maximum absolute atomic E-state index is 13.5. The number of rotatable bonds is 11. The van der Waals surface area contributed by atoms with Crippen molar-refractivity contribution in [2.75, 3.05) is 24.2 Å². The Kier molecular flexibility index (Phi) is 9.49. The summed E-state index contributed by atoms with van der Waals surface area (Å²) in [6, 6.07) is 13.4. The first-order valence-electron chi connectivity index (χ1n) is 11.2. The highest BCUT2D eigenvalue weighted by molar-refractivity contribution is 7.92. The number of carbonyl (C=O) groups is 2. The van der Waals surface area contributed by atoms with Gasteiger partial charge in [0.15, 0.2) is 0 Å². The number of para-hydroxylation sites is 2. The van der Waals surface area contributed by atoms with Crippen LogP contribution in [0, 0.1) is 6.92 Å². The van der Waals surface area contributed by atoms with E-state index in [1.54, 1.807) is 31.2 Å².